The number of hydrogen-bond donors (Lipinski definition) is 1. The van der Waals surface area contributed by atoms with Gasteiger partial charge in [-0.1, -0.05) is 18.2 Å². The van der Waals surface area contributed by atoms with E-state index in [0.29, 0.717) is 6.61 Å². The van der Waals surface area contributed by atoms with Gasteiger partial charge in [-0.3, -0.25) is 4.68 Å². The molecule has 0 saturated carbocycles. The Kier molecular flexibility index (Phi) is 5.14. The fraction of sp³-hybridized carbons (Fsp3) is 0.429. The average molecular weight is 339 g/mol. The molecule has 0 fully saturated rings. The van der Waals surface area contributed by atoms with Crippen molar-refractivity contribution >= 4 is 15.9 Å². The lowest BCUT2D eigenvalue weighted by molar-refractivity contribution is 0.299. The van der Waals surface area contributed by atoms with E-state index >= 15 is 0 Å². The highest BCUT2D eigenvalue weighted by Gasteiger charge is 2.07. The summed E-state index contributed by atoms with van der Waals surface area (Å²) in [5, 5.41) is 7.85. The van der Waals surface area contributed by atoms with Gasteiger partial charge in [-0.2, -0.15) is 0 Å². The molecule has 0 saturated heterocycles. The van der Waals surface area contributed by atoms with Gasteiger partial charge in [0.25, 0.3) is 0 Å². The summed E-state index contributed by atoms with van der Waals surface area (Å²) in [5.74, 6) is 0.796. The first-order chi connectivity index (χ1) is 9.58. The van der Waals surface area contributed by atoms with Gasteiger partial charge in [0.2, 0.25) is 0 Å². The molecule has 2 aromatic rings. The Bertz CT molecular complexity index is 570. The molecule has 0 aliphatic heterocycles. The van der Waals surface area contributed by atoms with E-state index in [9.17, 15) is 0 Å². The second-order valence-corrected chi connectivity index (χ2v) is 5.66. The van der Waals surface area contributed by atoms with Crippen molar-refractivity contribution in [2.45, 2.75) is 32.4 Å². The van der Waals surface area contributed by atoms with Crippen LogP contribution in [-0.4, -0.2) is 21.0 Å². The lowest BCUT2D eigenvalue weighted by Crippen LogP contribution is -2.21. The highest BCUT2D eigenvalue weighted by molar-refractivity contribution is 9.10. The first-order valence-electron chi connectivity index (χ1n) is 6.60. The lowest BCUT2D eigenvalue weighted by atomic mass is 10.0. The minimum absolute atomic E-state index is 0.202. The predicted octanol–water partition coefficient (Wildman–Crippen LogP) is 2.44. The molecular weight excluding hydrogens is 320 g/mol. The third kappa shape index (κ3) is 4.05. The molecule has 20 heavy (non-hydrogen) atoms. The molecule has 6 heteroatoms. The molecular formula is C14H19BrN4O. The van der Waals surface area contributed by atoms with Crippen molar-refractivity contribution < 1.29 is 4.74 Å². The Morgan fingerprint density at radius 3 is 2.85 bits per heavy atom. The topological polar surface area (TPSA) is 66.0 Å². The van der Waals surface area contributed by atoms with E-state index in [0.717, 1.165) is 28.8 Å². The Balaban J connectivity index is 1.98. The maximum absolute atomic E-state index is 5.97. The molecule has 1 unspecified atom stereocenters. The number of ether oxygens (including phenoxy) is 1. The van der Waals surface area contributed by atoms with Crippen LogP contribution in [0.1, 0.15) is 24.6 Å². The van der Waals surface area contributed by atoms with E-state index in [1.165, 1.54) is 5.56 Å². The van der Waals surface area contributed by atoms with E-state index in [4.69, 9.17) is 10.5 Å². The molecule has 1 atom stereocenters. The van der Waals surface area contributed by atoms with Crippen molar-refractivity contribution in [3.8, 4) is 5.75 Å². The summed E-state index contributed by atoms with van der Waals surface area (Å²) in [6, 6.07) is 6.26. The molecule has 0 aliphatic carbocycles. The smallest absolute Gasteiger partial charge is 0.134 e. The number of aryl methyl sites for hydroxylation is 1. The number of nitrogens with two attached hydrogens (primary N) is 1. The third-order valence-corrected chi connectivity index (χ3v) is 3.66. The highest BCUT2D eigenvalue weighted by Crippen LogP contribution is 2.27. The first kappa shape index (κ1) is 15.0. The zero-order chi connectivity index (χ0) is 14.5. The summed E-state index contributed by atoms with van der Waals surface area (Å²) >= 11 is 3.53. The van der Waals surface area contributed by atoms with Crippen molar-refractivity contribution in [1.82, 2.24) is 15.0 Å². The summed E-state index contributed by atoms with van der Waals surface area (Å²) < 4.78 is 8.32. The molecule has 0 aliphatic rings. The number of benzene rings is 1. The summed E-state index contributed by atoms with van der Waals surface area (Å²) in [5.41, 5.74) is 7.97. The van der Waals surface area contributed by atoms with Crippen LogP contribution in [0.2, 0.25) is 0 Å². The van der Waals surface area contributed by atoms with Crippen LogP contribution in [0.4, 0.5) is 0 Å². The minimum atomic E-state index is 0.202. The third-order valence-electron chi connectivity index (χ3n) is 3.04. The lowest BCUT2D eigenvalue weighted by Gasteiger charge is -2.11. The van der Waals surface area contributed by atoms with Gasteiger partial charge in [-0.05, 0) is 46.5 Å². The molecule has 0 radical (unpaired) electrons. The quantitative estimate of drug-likeness (QED) is 0.878. The van der Waals surface area contributed by atoms with Gasteiger partial charge in [0, 0.05) is 13.1 Å². The van der Waals surface area contributed by atoms with Crippen molar-refractivity contribution in [2.24, 2.45) is 12.8 Å². The summed E-state index contributed by atoms with van der Waals surface area (Å²) in [6.45, 7) is 2.50. The van der Waals surface area contributed by atoms with Crippen LogP contribution in [0.3, 0.4) is 0 Å². The van der Waals surface area contributed by atoms with Gasteiger partial charge in [0.1, 0.15) is 18.1 Å². The van der Waals surface area contributed by atoms with Gasteiger partial charge >= 0.3 is 0 Å². The Hall–Kier alpha value is -1.40. The Morgan fingerprint density at radius 1 is 1.45 bits per heavy atom. The number of aromatic nitrogens is 3. The zero-order valence-corrected chi connectivity index (χ0v) is 13.3. The fourth-order valence-corrected chi connectivity index (χ4v) is 2.39. The molecule has 2 rings (SSSR count). The SMILES string of the molecule is CCC(N)Cc1ccc(OCc2cn(C)nn2)c(Br)c1. The van der Waals surface area contributed by atoms with Crippen molar-refractivity contribution in [3.63, 3.8) is 0 Å². The second-order valence-electron chi connectivity index (χ2n) is 4.81. The van der Waals surface area contributed by atoms with E-state index in [2.05, 4.69) is 39.2 Å². The van der Waals surface area contributed by atoms with Gasteiger partial charge in [0.05, 0.1) is 10.7 Å². The van der Waals surface area contributed by atoms with E-state index in [1.54, 1.807) is 4.68 Å². The zero-order valence-electron chi connectivity index (χ0n) is 11.7. The average Bonchev–Trinajstić information content (AvgIpc) is 2.83. The molecule has 1 heterocycles. The normalized spacial score (nSPS) is 12.4. The largest absolute Gasteiger partial charge is 0.486 e. The van der Waals surface area contributed by atoms with E-state index in [-0.39, 0.29) is 6.04 Å². The van der Waals surface area contributed by atoms with Gasteiger partial charge in [-0.25, -0.2) is 0 Å². The standard InChI is InChI=1S/C14H19BrN4O/c1-3-11(16)6-10-4-5-14(13(15)7-10)20-9-12-8-19(2)18-17-12/h4-5,7-8,11H,3,6,9,16H2,1-2H3. The van der Waals surface area contributed by atoms with Crippen LogP contribution in [0, 0.1) is 0 Å². The molecule has 0 amide bonds. The van der Waals surface area contributed by atoms with Crippen LogP contribution in [0.25, 0.3) is 0 Å². The van der Waals surface area contributed by atoms with Crippen LogP contribution >= 0.6 is 15.9 Å². The molecule has 108 valence electrons. The van der Waals surface area contributed by atoms with Crippen molar-refractivity contribution in [3.05, 3.63) is 40.1 Å². The fourth-order valence-electron chi connectivity index (χ4n) is 1.85. The maximum Gasteiger partial charge on any atom is 0.134 e. The summed E-state index contributed by atoms with van der Waals surface area (Å²) in [7, 11) is 1.83. The van der Waals surface area contributed by atoms with Crippen molar-refractivity contribution in [2.75, 3.05) is 0 Å². The molecule has 0 bridgehead atoms. The Morgan fingerprint density at radius 2 is 2.25 bits per heavy atom. The molecule has 1 aromatic heterocycles. The van der Waals surface area contributed by atoms with Crippen LogP contribution < -0.4 is 10.5 Å². The maximum atomic E-state index is 5.97. The second kappa shape index (κ2) is 6.85. The van der Waals surface area contributed by atoms with Gasteiger partial charge in [-0.15, -0.1) is 5.10 Å². The van der Waals surface area contributed by atoms with Crippen molar-refractivity contribution in [1.29, 1.82) is 0 Å². The molecule has 1 aromatic carbocycles. The predicted molar refractivity (Wildman–Crippen MR) is 81.4 cm³/mol. The molecule has 0 spiro atoms. The first-order valence-corrected chi connectivity index (χ1v) is 7.39. The minimum Gasteiger partial charge on any atom is -0.486 e. The summed E-state index contributed by atoms with van der Waals surface area (Å²) in [4.78, 5) is 0. The number of nitrogens with zero attached hydrogens (tertiary/aromatic N) is 3. The van der Waals surface area contributed by atoms with Crippen LogP contribution in [0.15, 0.2) is 28.9 Å². The Labute approximate surface area is 127 Å². The van der Waals surface area contributed by atoms with Gasteiger partial charge in [0.15, 0.2) is 0 Å². The van der Waals surface area contributed by atoms with E-state index in [1.807, 2.05) is 25.4 Å². The van der Waals surface area contributed by atoms with Crippen LogP contribution in [-0.2, 0) is 20.1 Å². The highest BCUT2D eigenvalue weighted by atomic mass is 79.9. The summed E-state index contributed by atoms with van der Waals surface area (Å²) in [6.07, 6.45) is 3.69. The molecule has 5 nitrogen and oxygen atoms in total. The number of hydrogen-bond acceptors (Lipinski definition) is 4. The monoisotopic (exact) mass is 338 g/mol. The van der Waals surface area contributed by atoms with Crippen LogP contribution in [0.5, 0.6) is 5.75 Å². The number of halogens is 1. The van der Waals surface area contributed by atoms with E-state index < -0.39 is 0 Å². The number of rotatable bonds is 6. The molecule has 2 N–H and O–H groups in total. The van der Waals surface area contributed by atoms with Gasteiger partial charge < -0.3 is 10.5 Å².